The van der Waals surface area contributed by atoms with E-state index in [2.05, 4.69) is 222 Å². The van der Waals surface area contributed by atoms with Gasteiger partial charge in [0, 0.05) is 33.0 Å². The van der Waals surface area contributed by atoms with Gasteiger partial charge in [0.05, 0.1) is 22.3 Å². The van der Waals surface area contributed by atoms with Crippen molar-refractivity contribution < 1.29 is 57.1 Å². The Hall–Kier alpha value is -15.9. The maximum Gasteiger partial charge on any atom is 0.339 e. The predicted octanol–water partition coefficient (Wildman–Crippen LogP) is 35.2. The largest absolute Gasteiger partial charge is 0.489 e. The van der Waals surface area contributed by atoms with Gasteiger partial charge in [0.15, 0.2) is 0 Å². The topological polar surface area (TPSA) is 142 Å². The van der Waals surface area contributed by atoms with Crippen LogP contribution < -0.4 is 18.9 Å². The van der Waals surface area contributed by atoms with Crippen LogP contribution in [0.4, 0.5) is 0 Å². The molecule has 0 saturated heterocycles. The molecule has 12 nitrogen and oxygen atoms in total. The van der Waals surface area contributed by atoms with E-state index in [1.165, 1.54) is 142 Å². The average Bonchev–Trinajstić information content (AvgIpc) is 0.697. The highest BCUT2D eigenvalue weighted by Gasteiger charge is 2.31. The molecule has 21 rings (SSSR count). The lowest BCUT2D eigenvalue weighted by atomic mass is 9.84. The Morgan fingerprint density at radius 1 is 0.169 bits per heavy atom. The van der Waals surface area contributed by atoms with Gasteiger partial charge in [-0.15, -0.1) is 0 Å². The minimum atomic E-state index is -0.689. The van der Waals surface area contributed by atoms with Crippen molar-refractivity contribution in [3.8, 4) is 23.0 Å². The van der Waals surface area contributed by atoms with Crippen LogP contribution in [0, 0.1) is 0 Å². The first-order valence-electron chi connectivity index (χ1n) is 53.4. The molecule has 0 heterocycles. The van der Waals surface area contributed by atoms with Gasteiger partial charge in [0.1, 0.15) is 75.9 Å². The smallest absolute Gasteiger partial charge is 0.339 e. The summed E-state index contributed by atoms with van der Waals surface area (Å²) >= 11 is 0. The number of hydrogen-bond donors (Lipinski definition) is 0. The molecule has 0 aliphatic rings. The van der Waals surface area contributed by atoms with Crippen LogP contribution in [-0.2, 0) is 97.5 Å². The van der Waals surface area contributed by atoms with Crippen LogP contribution in [0.5, 0.6) is 23.0 Å². The summed E-state index contributed by atoms with van der Waals surface area (Å²) in [6.45, 7) is 9.62. The van der Waals surface area contributed by atoms with Gasteiger partial charge in [-0.3, -0.25) is 0 Å². The summed E-state index contributed by atoms with van der Waals surface area (Å²) in [7, 11) is 0. The molecule has 0 spiro atoms. The van der Waals surface area contributed by atoms with Crippen LogP contribution in [0.1, 0.15) is 239 Å². The Labute approximate surface area is 865 Å². The second-order valence-electron chi connectivity index (χ2n) is 39.6. The molecule has 0 aromatic heterocycles. The molecule has 0 saturated carbocycles. The number of ether oxygens (including phenoxy) is 8. The molecular formula is C136H124O12. The van der Waals surface area contributed by atoms with Crippen molar-refractivity contribution in [1.82, 2.24) is 0 Å². The lowest BCUT2D eigenvalue weighted by molar-refractivity contribution is 0.0458. The Balaban J connectivity index is 0.617. The highest BCUT2D eigenvalue weighted by atomic mass is 16.5. The number of rotatable bonds is 44. The monoisotopic (exact) mass is 1950 g/mol. The summed E-state index contributed by atoms with van der Waals surface area (Å²) in [6, 6.07) is 114. The first-order chi connectivity index (χ1) is 73.0. The Bertz CT molecular complexity index is 7330. The van der Waals surface area contributed by atoms with E-state index in [0.29, 0.717) is 115 Å². The summed E-state index contributed by atoms with van der Waals surface area (Å²) in [5.74, 6) is -0.334. The molecule has 21 aromatic rings. The number of unbranched alkanes of at least 4 members (excludes halogenated alkanes) is 12. The van der Waals surface area contributed by atoms with Crippen molar-refractivity contribution in [2.75, 3.05) is 0 Å². The van der Waals surface area contributed by atoms with E-state index >= 15 is 19.2 Å². The van der Waals surface area contributed by atoms with Gasteiger partial charge in [0.25, 0.3) is 0 Å². The summed E-state index contributed by atoms with van der Waals surface area (Å²) in [4.78, 5) is 62.7. The van der Waals surface area contributed by atoms with Crippen molar-refractivity contribution in [2.24, 2.45) is 0 Å². The number of carbonyl (C=O) groups excluding carboxylic acids is 4. The van der Waals surface area contributed by atoms with Crippen molar-refractivity contribution in [3.63, 3.8) is 0 Å². The molecule has 0 aliphatic carbocycles. The van der Waals surface area contributed by atoms with Gasteiger partial charge in [0.2, 0.25) is 0 Å². The molecular weight excluding hydrogens is 1830 g/mol. The molecule has 21 aromatic carbocycles. The third-order valence-electron chi connectivity index (χ3n) is 30.1. The first-order valence-corrected chi connectivity index (χ1v) is 53.4. The Morgan fingerprint density at radius 2 is 0.351 bits per heavy atom. The number of fused-ring (bicyclic) bond motifs is 10. The minimum absolute atomic E-state index is 0.116. The Kier molecular flexibility index (Phi) is 30.4. The zero-order valence-corrected chi connectivity index (χ0v) is 85.0. The molecule has 12 heteroatoms. The third-order valence-corrected chi connectivity index (χ3v) is 30.1. The molecule has 148 heavy (non-hydrogen) atoms. The molecule has 0 unspecified atom stereocenters. The number of aryl methyl sites for hydroxylation is 4. The number of hydrogen-bond acceptors (Lipinski definition) is 12. The molecule has 0 fully saturated rings. The van der Waals surface area contributed by atoms with Crippen molar-refractivity contribution in [1.29, 1.82) is 0 Å². The molecule has 0 N–H and O–H groups in total. The fourth-order valence-electron chi connectivity index (χ4n) is 22.8. The molecule has 0 amide bonds. The molecule has 0 aliphatic heterocycles. The normalized spacial score (nSPS) is 11.7. The van der Waals surface area contributed by atoms with Crippen molar-refractivity contribution >= 4 is 153 Å². The number of esters is 4. The van der Waals surface area contributed by atoms with Gasteiger partial charge in [-0.25, -0.2) is 19.2 Å². The van der Waals surface area contributed by atoms with Crippen molar-refractivity contribution in [3.05, 3.63) is 429 Å². The highest BCUT2D eigenvalue weighted by molar-refractivity contribution is 6.38. The summed E-state index contributed by atoms with van der Waals surface area (Å²) in [6.07, 6.45) is 22.7. The fourth-order valence-corrected chi connectivity index (χ4v) is 22.8. The SMILES string of the molecule is CCCCCCc1c2ccccc2c(COc2cccc(COC(=O)c3ccc4c5ccc(C(=O)OCc6cccc(OCc7c8ccccc8c(CCCCCC)c8ccccc78)c6)c6c(C(=O)OCc7cccc(OCc8c9ccccc9c(CCCCCC)c9ccccc89)c7)ccc(c7ccc(C(=O)OCc8cccc(OCc9c%10ccccc%10c(CCCCCC)c%10ccccc9%10)c8)c3c47)c65)c2)c2ccccc12. The molecule has 0 bridgehead atoms. The number of benzene rings is 21. The van der Waals surface area contributed by atoms with E-state index in [0.717, 1.165) is 117 Å². The van der Waals surface area contributed by atoms with E-state index in [4.69, 9.17) is 37.9 Å². The van der Waals surface area contributed by atoms with Crippen molar-refractivity contribution in [2.45, 2.75) is 209 Å². The number of carbonyl (C=O) groups is 4. The third kappa shape index (κ3) is 20.6. The van der Waals surface area contributed by atoms with Gasteiger partial charge >= 0.3 is 23.9 Å². The summed E-state index contributed by atoms with van der Waals surface area (Å²) in [5.41, 5.74) is 13.1. The maximum absolute atomic E-state index is 15.7. The predicted molar refractivity (Wildman–Crippen MR) is 604 cm³/mol. The second kappa shape index (κ2) is 45.8. The quantitative estimate of drug-likeness (QED) is 0.0118. The molecule has 0 atom stereocenters. The molecule has 0 radical (unpaired) electrons. The summed E-state index contributed by atoms with van der Waals surface area (Å²) < 4.78 is 53.0. The van der Waals surface area contributed by atoms with Crippen LogP contribution in [-0.4, -0.2) is 23.9 Å². The van der Waals surface area contributed by atoms with E-state index in [9.17, 15) is 0 Å². The average molecular weight is 1950 g/mol. The van der Waals surface area contributed by atoms with Crippen LogP contribution in [0.3, 0.4) is 0 Å². The fraction of sp³-hybridized carbons (Fsp3) is 0.235. The van der Waals surface area contributed by atoms with Gasteiger partial charge < -0.3 is 37.9 Å². The highest BCUT2D eigenvalue weighted by Crippen LogP contribution is 2.48. The molecule has 740 valence electrons. The lowest BCUT2D eigenvalue weighted by Gasteiger charge is -2.20. The van der Waals surface area contributed by atoms with Crippen LogP contribution in [0.15, 0.2) is 340 Å². The first kappa shape index (κ1) is 98.1. The minimum Gasteiger partial charge on any atom is -0.489 e. The van der Waals surface area contributed by atoms with Crippen LogP contribution in [0.25, 0.3) is 129 Å². The van der Waals surface area contributed by atoms with Gasteiger partial charge in [-0.05, 0) is 287 Å². The standard InChI is InChI=1S/C136H124O12/c1-5-9-13-17-49-97-101-53-21-29-61-109(101)125(110-62-30-22-54-102(97)110)85-141-93-45-37-41-89(77-93)81-145-133(137)121-73-69-117-119-71-75-123(135(139)147-83-91-43-39-47-95(79-91)143-87-127-113-65-33-25-57-105(113)99(51-19-15-11-7-3)106-58-26-34-66-114(106)127)132-124(136(140)148-84-92-44-40-48-96(80-92)144-88-128-115-67-35-27-59-107(115)100(52-20-16-12-8-4)108-60-28-36-68-116(108)128)76-72-120(130(119)132)118-70-74-122(131(121)129(117)118)134(138)146-82-90-42-38-46-94(78-90)142-86-126-111-63-31-23-55-103(111)98(50-18-14-10-6-2)104-56-24-32-64-112(104)126/h21-48,53-80H,5-20,49-52,81-88H2,1-4H3. The van der Waals surface area contributed by atoms with Gasteiger partial charge in [-0.1, -0.05) is 372 Å². The van der Waals surface area contributed by atoms with E-state index in [1.807, 2.05) is 121 Å². The van der Waals surface area contributed by atoms with Crippen LogP contribution in [0.2, 0.25) is 0 Å². The van der Waals surface area contributed by atoms with E-state index < -0.39 is 23.9 Å². The van der Waals surface area contributed by atoms with Gasteiger partial charge in [-0.2, -0.15) is 0 Å². The van der Waals surface area contributed by atoms with E-state index in [-0.39, 0.29) is 48.7 Å². The lowest BCUT2D eigenvalue weighted by Crippen LogP contribution is -2.12. The zero-order valence-electron chi connectivity index (χ0n) is 85.0. The van der Waals surface area contributed by atoms with Crippen LogP contribution >= 0.6 is 0 Å². The maximum atomic E-state index is 15.7. The summed E-state index contributed by atoms with van der Waals surface area (Å²) in [5, 5.41) is 23.3. The Morgan fingerprint density at radius 3 is 0.534 bits per heavy atom. The second-order valence-corrected chi connectivity index (χ2v) is 39.6. The zero-order chi connectivity index (χ0) is 101. The van der Waals surface area contributed by atoms with E-state index in [1.54, 1.807) is 24.3 Å².